The topological polar surface area (TPSA) is 99.7 Å². The molecule has 0 fully saturated rings. The second kappa shape index (κ2) is 7.63. The van der Waals surface area contributed by atoms with Crippen LogP contribution in [0.4, 0.5) is 5.69 Å². The molecule has 0 N–H and O–H groups in total. The summed E-state index contributed by atoms with van der Waals surface area (Å²) in [5.74, 6) is -0.576. The molecule has 0 unspecified atom stereocenters. The van der Waals surface area contributed by atoms with Gasteiger partial charge in [-0.15, -0.1) is 0 Å². The third-order valence-corrected chi connectivity index (χ3v) is 4.76. The van der Waals surface area contributed by atoms with E-state index in [1.165, 1.54) is 49.6 Å². The molecule has 7 nitrogen and oxygen atoms in total. The second-order valence-electron chi connectivity index (χ2n) is 6.60. The van der Waals surface area contributed by atoms with Crippen molar-refractivity contribution in [3.63, 3.8) is 0 Å². The summed E-state index contributed by atoms with van der Waals surface area (Å²) in [6.45, 7) is 1.49. The van der Waals surface area contributed by atoms with E-state index in [1.807, 2.05) is 30.3 Å². The number of esters is 1. The highest BCUT2D eigenvalue weighted by atomic mass is 16.6. The van der Waals surface area contributed by atoms with Gasteiger partial charge < -0.3 is 9.15 Å². The molecule has 4 aromatic rings. The average Bonchev–Trinajstić information content (AvgIpc) is 2.74. The average molecular weight is 401 g/mol. The Morgan fingerprint density at radius 1 is 1.03 bits per heavy atom. The van der Waals surface area contributed by atoms with Crippen molar-refractivity contribution in [2.24, 2.45) is 0 Å². The van der Waals surface area contributed by atoms with E-state index in [9.17, 15) is 19.7 Å². The Hall–Kier alpha value is -4.26. The first kappa shape index (κ1) is 19.1. The molecule has 0 spiro atoms. The molecule has 1 aromatic heterocycles. The third-order valence-electron chi connectivity index (χ3n) is 4.76. The molecule has 0 bridgehead atoms. The predicted octanol–water partition coefficient (Wildman–Crippen LogP) is 4.90. The molecule has 0 amide bonds. The lowest BCUT2D eigenvalue weighted by Crippen LogP contribution is -2.11. The standard InChI is InChI=1S/C23H15NO6/c1-14-17(8-5-9-20(14)24(27)28)23(26)30-16-10-11-18-21(12-16)29-13-19(22(18)25)15-6-3-2-4-7-15/h2-13H,1H3. The van der Waals surface area contributed by atoms with Gasteiger partial charge in [-0.3, -0.25) is 14.9 Å². The van der Waals surface area contributed by atoms with E-state index < -0.39 is 10.9 Å². The van der Waals surface area contributed by atoms with Crippen molar-refractivity contribution in [3.05, 3.63) is 104 Å². The van der Waals surface area contributed by atoms with Crippen molar-refractivity contribution in [1.82, 2.24) is 0 Å². The number of carbonyl (C=O) groups is 1. The van der Waals surface area contributed by atoms with Gasteiger partial charge in [-0.05, 0) is 30.7 Å². The number of carbonyl (C=O) groups excluding carboxylic acids is 1. The summed E-state index contributed by atoms with van der Waals surface area (Å²) in [6.07, 6.45) is 1.37. The summed E-state index contributed by atoms with van der Waals surface area (Å²) < 4.78 is 11.0. The summed E-state index contributed by atoms with van der Waals surface area (Å²) in [5, 5.41) is 11.4. The Bertz CT molecular complexity index is 1340. The SMILES string of the molecule is Cc1c(C(=O)Oc2ccc3c(=O)c(-c4ccccc4)coc3c2)cccc1[N+](=O)[O-]. The van der Waals surface area contributed by atoms with Gasteiger partial charge in [0.05, 0.1) is 21.4 Å². The zero-order valence-corrected chi connectivity index (χ0v) is 15.8. The zero-order chi connectivity index (χ0) is 21.3. The minimum Gasteiger partial charge on any atom is -0.463 e. The Labute approximate surface area is 170 Å². The van der Waals surface area contributed by atoms with E-state index in [0.717, 1.165) is 5.56 Å². The Kier molecular flexibility index (Phi) is 4.85. The van der Waals surface area contributed by atoms with E-state index in [0.29, 0.717) is 10.9 Å². The molecule has 3 aromatic carbocycles. The van der Waals surface area contributed by atoms with Crippen LogP contribution in [0.2, 0.25) is 0 Å². The van der Waals surface area contributed by atoms with E-state index in [1.54, 1.807) is 0 Å². The van der Waals surface area contributed by atoms with Gasteiger partial charge in [0.1, 0.15) is 17.6 Å². The molecule has 7 heteroatoms. The maximum atomic E-state index is 12.8. The van der Waals surface area contributed by atoms with E-state index in [-0.39, 0.29) is 33.6 Å². The minimum atomic E-state index is -0.737. The fourth-order valence-corrected chi connectivity index (χ4v) is 3.19. The van der Waals surface area contributed by atoms with Crippen LogP contribution < -0.4 is 10.2 Å². The van der Waals surface area contributed by atoms with Crippen molar-refractivity contribution in [3.8, 4) is 16.9 Å². The van der Waals surface area contributed by atoms with E-state index in [4.69, 9.17) is 9.15 Å². The quantitative estimate of drug-likeness (QED) is 0.209. The first-order valence-corrected chi connectivity index (χ1v) is 9.03. The largest absolute Gasteiger partial charge is 0.463 e. The van der Waals surface area contributed by atoms with Gasteiger partial charge >= 0.3 is 5.97 Å². The Morgan fingerprint density at radius 3 is 2.53 bits per heavy atom. The second-order valence-corrected chi connectivity index (χ2v) is 6.60. The first-order chi connectivity index (χ1) is 14.5. The lowest BCUT2D eigenvalue weighted by atomic mass is 10.1. The van der Waals surface area contributed by atoms with Crippen molar-refractivity contribution < 1.29 is 18.9 Å². The molecule has 0 radical (unpaired) electrons. The van der Waals surface area contributed by atoms with Gasteiger partial charge in [-0.1, -0.05) is 36.4 Å². The summed E-state index contributed by atoms with van der Waals surface area (Å²) in [7, 11) is 0. The minimum absolute atomic E-state index is 0.0881. The maximum absolute atomic E-state index is 12.8. The van der Waals surface area contributed by atoms with Crippen molar-refractivity contribution in [1.29, 1.82) is 0 Å². The van der Waals surface area contributed by atoms with Crippen LogP contribution in [-0.2, 0) is 0 Å². The van der Waals surface area contributed by atoms with Gasteiger partial charge in [0.15, 0.2) is 5.43 Å². The number of nitro benzene ring substituents is 1. The van der Waals surface area contributed by atoms with Crippen LogP contribution in [0.15, 0.2) is 82.2 Å². The van der Waals surface area contributed by atoms with Gasteiger partial charge in [0.2, 0.25) is 0 Å². The van der Waals surface area contributed by atoms with Gasteiger partial charge in [-0.2, -0.15) is 0 Å². The summed E-state index contributed by atoms with van der Waals surface area (Å²) >= 11 is 0. The smallest absolute Gasteiger partial charge is 0.344 e. The van der Waals surface area contributed by atoms with Crippen LogP contribution in [0.1, 0.15) is 15.9 Å². The molecule has 4 rings (SSSR count). The van der Waals surface area contributed by atoms with Crippen LogP contribution in [0.25, 0.3) is 22.1 Å². The lowest BCUT2D eigenvalue weighted by molar-refractivity contribution is -0.385. The fraction of sp³-hybridized carbons (Fsp3) is 0.0435. The highest BCUT2D eigenvalue weighted by molar-refractivity contribution is 5.94. The number of hydrogen-bond donors (Lipinski definition) is 0. The number of benzene rings is 3. The van der Waals surface area contributed by atoms with Crippen molar-refractivity contribution in [2.75, 3.05) is 0 Å². The number of hydrogen-bond acceptors (Lipinski definition) is 6. The summed E-state index contributed by atoms with van der Waals surface area (Å²) in [4.78, 5) is 35.8. The van der Waals surface area contributed by atoms with Crippen molar-refractivity contribution >= 4 is 22.6 Å². The highest BCUT2D eigenvalue weighted by Gasteiger charge is 2.20. The maximum Gasteiger partial charge on any atom is 0.344 e. The fourth-order valence-electron chi connectivity index (χ4n) is 3.19. The number of ether oxygens (including phenoxy) is 1. The first-order valence-electron chi connectivity index (χ1n) is 9.03. The summed E-state index contributed by atoms with van der Waals surface area (Å²) in [6, 6.07) is 17.8. The molecule has 0 aliphatic carbocycles. The number of nitro groups is 1. The van der Waals surface area contributed by atoms with Crippen molar-refractivity contribution in [2.45, 2.75) is 6.92 Å². The van der Waals surface area contributed by atoms with Gasteiger partial charge in [-0.25, -0.2) is 4.79 Å². The summed E-state index contributed by atoms with van der Waals surface area (Å²) in [5.41, 5.74) is 1.38. The molecule has 0 aliphatic rings. The lowest BCUT2D eigenvalue weighted by Gasteiger charge is -2.08. The molecule has 0 atom stereocenters. The Balaban J connectivity index is 1.67. The van der Waals surface area contributed by atoms with Gasteiger partial charge in [0, 0.05) is 17.7 Å². The molecule has 148 valence electrons. The van der Waals surface area contributed by atoms with Crippen LogP contribution in [0.3, 0.4) is 0 Å². The van der Waals surface area contributed by atoms with Gasteiger partial charge in [0.25, 0.3) is 5.69 Å². The monoisotopic (exact) mass is 401 g/mol. The normalized spacial score (nSPS) is 10.7. The van der Waals surface area contributed by atoms with E-state index >= 15 is 0 Å². The molecule has 0 saturated carbocycles. The molecule has 0 aliphatic heterocycles. The number of nitrogens with zero attached hydrogens (tertiary/aromatic N) is 1. The molecule has 30 heavy (non-hydrogen) atoms. The number of rotatable bonds is 4. The zero-order valence-electron chi connectivity index (χ0n) is 15.8. The Morgan fingerprint density at radius 2 is 1.80 bits per heavy atom. The predicted molar refractivity (Wildman–Crippen MR) is 111 cm³/mol. The molecular weight excluding hydrogens is 386 g/mol. The third kappa shape index (κ3) is 3.44. The van der Waals surface area contributed by atoms with E-state index in [2.05, 4.69) is 0 Å². The van der Waals surface area contributed by atoms with Crippen LogP contribution in [0.5, 0.6) is 5.75 Å². The van der Waals surface area contributed by atoms with Crippen LogP contribution in [0, 0.1) is 17.0 Å². The van der Waals surface area contributed by atoms with Crippen LogP contribution in [-0.4, -0.2) is 10.9 Å². The molecular formula is C23H15NO6. The van der Waals surface area contributed by atoms with Crippen LogP contribution >= 0.6 is 0 Å². The molecule has 0 saturated heterocycles. The number of fused-ring (bicyclic) bond motifs is 1. The highest BCUT2D eigenvalue weighted by Crippen LogP contribution is 2.25. The molecule has 1 heterocycles.